The van der Waals surface area contributed by atoms with Gasteiger partial charge < -0.3 is 14.9 Å². The van der Waals surface area contributed by atoms with Crippen LogP contribution in [-0.2, 0) is 6.61 Å². The molecule has 0 amide bonds. The summed E-state index contributed by atoms with van der Waals surface area (Å²) >= 11 is 1.67. The Morgan fingerprint density at radius 3 is 2.67 bits per heavy atom. The second-order valence-corrected chi connectivity index (χ2v) is 5.66. The molecule has 2 rings (SSSR count). The zero-order chi connectivity index (χ0) is 15.4. The minimum atomic E-state index is 0.242. The van der Waals surface area contributed by atoms with Crippen LogP contribution in [-0.4, -0.2) is 18.4 Å². The number of aromatic hydroxyl groups is 1. The second-order valence-electron chi connectivity index (χ2n) is 4.81. The Hall–Kier alpha value is -1.85. The zero-order valence-electron chi connectivity index (χ0n) is 12.5. The van der Waals surface area contributed by atoms with Crippen LogP contribution >= 0.6 is 11.8 Å². The van der Waals surface area contributed by atoms with Crippen LogP contribution in [0.2, 0.25) is 0 Å². The molecular formula is C16H20N2O2S. The highest BCUT2D eigenvalue weighted by Gasteiger charge is 2.11. The van der Waals surface area contributed by atoms with Gasteiger partial charge in [0.15, 0.2) is 0 Å². The molecule has 0 fully saturated rings. The summed E-state index contributed by atoms with van der Waals surface area (Å²) in [6.07, 6.45) is 2.03. The molecule has 0 aromatic heterocycles. The molecule has 112 valence electrons. The highest BCUT2D eigenvalue weighted by atomic mass is 32.2. The molecule has 0 aliphatic rings. The van der Waals surface area contributed by atoms with Crippen molar-refractivity contribution in [3.05, 3.63) is 47.5 Å². The molecule has 2 aromatic carbocycles. The van der Waals surface area contributed by atoms with Crippen molar-refractivity contribution in [3.63, 3.8) is 0 Å². The first-order chi connectivity index (χ1) is 10.0. The van der Waals surface area contributed by atoms with Crippen molar-refractivity contribution in [1.82, 2.24) is 0 Å². The van der Waals surface area contributed by atoms with Gasteiger partial charge in [-0.1, -0.05) is 6.07 Å². The van der Waals surface area contributed by atoms with E-state index in [2.05, 4.69) is 6.07 Å². The predicted molar refractivity (Wildman–Crippen MR) is 88.0 cm³/mol. The normalized spacial score (nSPS) is 10.5. The number of thioether (sulfide) groups is 1. The number of hydrogen-bond donors (Lipinski definition) is 2. The smallest absolute Gasteiger partial charge is 0.122 e. The molecular weight excluding hydrogens is 284 g/mol. The van der Waals surface area contributed by atoms with Crippen LogP contribution in [0.25, 0.3) is 0 Å². The molecule has 0 bridgehead atoms. The summed E-state index contributed by atoms with van der Waals surface area (Å²) in [6.45, 7) is 2.34. The first-order valence-electron chi connectivity index (χ1n) is 6.59. The Bertz CT molecular complexity index is 630. The van der Waals surface area contributed by atoms with Crippen LogP contribution in [0.1, 0.15) is 11.1 Å². The van der Waals surface area contributed by atoms with Gasteiger partial charge in [-0.25, -0.2) is 5.84 Å². The lowest BCUT2D eigenvalue weighted by Gasteiger charge is -2.20. The van der Waals surface area contributed by atoms with Gasteiger partial charge in [0.25, 0.3) is 0 Å². The van der Waals surface area contributed by atoms with E-state index in [1.54, 1.807) is 35.0 Å². The number of hydrogen-bond acceptors (Lipinski definition) is 5. The van der Waals surface area contributed by atoms with E-state index in [1.165, 1.54) is 0 Å². The predicted octanol–water partition coefficient (Wildman–Crippen LogP) is 3.31. The van der Waals surface area contributed by atoms with Crippen LogP contribution in [0, 0.1) is 6.92 Å². The zero-order valence-corrected chi connectivity index (χ0v) is 13.3. The molecule has 0 heterocycles. The number of phenols is 1. The fourth-order valence-corrected chi connectivity index (χ4v) is 2.79. The van der Waals surface area contributed by atoms with E-state index in [0.717, 1.165) is 27.5 Å². The van der Waals surface area contributed by atoms with E-state index in [-0.39, 0.29) is 5.75 Å². The summed E-state index contributed by atoms with van der Waals surface area (Å²) in [5, 5.41) is 11.0. The summed E-state index contributed by atoms with van der Waals surface area (Å²) in [5.41, 5.74) is 2.90. The fraction of sp³-hybridized carbons (Fsp3) is 0.250. The summed E-state index contributed by atoms with van der Waals surface area (Å²) in [4.78, 5) is 1.14. The number of nitrogens with two attached hydrogens (primary N) is 1. The van der Waals surface area contributed by atoms with Gasteiger partial charge in [0.2, 0.25) is 0 Å². The van der Waals surface area contributed by atoms with E-state index in [4.69, 9.17) is 10.6 Å². The van der Waals surface area contributed by atoms with Crippen LogP contribution < -0.4 is 15.6 Å². The standard InChI is InChI=1S/C16H20N2O2S/c1-11-9-12(19)7-8-15(11)20-10-13-14(18(2)17)5-4-6-16(13)21-3/h4-9,19H,10,17H2,1-3H3. The lowest BCUT2D eigenvalue weighted by atomic mass is 10.1. The largest absolute Gasteiger partial charge is 0.508 e. The lowest BCUT2D eigenvalue weighted by Crippen LogP contribution is -2.26. The number of ether oxygens (including phenoxy) is 1. The van der Waals surface area contributed by atoms with Gasteiger partial charge in [-0.05, 0) is 49.1 Å². The Labute approximate surface area is 129 Å². The Kier molecular flexibility index (Phi) is 4.98. The number of phenolic OH excluding ortho intramolecular Hbond substituents is 1. The Morgan fingerprint density at radius 1 is 1.29 bits per heavy atom. The van der Waals surface area contributed by atoms with Crippen LogP contribution in [0.15, 0.2) is 41.3 Å². The first kappa shape index (κ1) is 15.5. The van der Waals surface area contributed by atoms with E-state index >= 15 is 0 Å². The second kappa shape index (κ2) is 6.74. The van der Waals surface area contributed by atoms with Gasteiger partial charge in [-0.15, -0.1) is 11.8 Å². The molecule has 4 nitrogen and oxygen atoms in total. The van der Waals surface area contributed by atoms with Crippen molar-refractivity contribution >= 4 is 17.4 Å². The van der Waals surface area contributed by atoms with Gasteiger partial charge in [0.1, 0.15) is 18.1 Å². The molecule has 2 aromatic rings. The van der Waals surface area contributed by atoms with Crippen LogP contribution in [0.3, 0.4) is 0 Å². The maximum Gasteiger partial charge on any atom is 0.122 e. The topological polar surface area (TPSA) is 58.7 Å². The van der Waals surface area contributed by atoms with Crippen LogP contribution in [0.4, 0.5) is 5.69 Å². The minimum Gasteiger partial charge on any atom is -0.508 e. The average molecular weight is 304 g/mol. The average Bonchev–Trinajstić information content (AvgIpc) is 2.45. The van der Waals surface area contributed by atoms with Crippen molar-refractivity contribution in [1.29, 1.82) is 0 Å². The number of aryl methyl sites for hydroxylation is 1. The molecule has 5 heteroatoms. The Morgan fingerprint density at radius 2 is 2.05 bits per heavy atom. The van der Waals surface area contributed by atoms with Crippen molar-refractivity contribution in [2.45, 2.75) is 18.4 Å². The number of rotatable bonds is 5. The third kappa shape index (κ3) is 3.62. The number of nitrogens with zero attached hydrogens (tertiary/aromatic N) is 1. The van der Waals surface area contributed by atoms with Crippen molar-refractivity contribution in [2.24, 2.45) is 5.84 Å². The summed E-state index contributed by atoms with van der Waals surface area (Å²) < 4.78 is 5.90. The van der Waals surface area contributed by atoms with E-state index in [1.807, 2.05) is 32.4 Å². The highest BCUT2D eigenvalue weighted by molar-refractivity contribution is 7.98. The summed E-state index contributed by atoms with van der Waals surface area (Å²) in [7, 11) is 1.81. The first-order valence-corrected chi connectivity index (χ1v) is 7.82. The molecule has 0 saturated carbocycles. The van der Waals surface area contributed by atoms with E-state index in [9.17, 15) is 5.11 Å². The van der Waals surface area contributed by atoms with Gasteiger partial charge in [0, 0.05) is 17.5 Å². The number of anilines is 1. The third-order valence-corrected chi connectivity index (χ3v) is 4.06. The molecule has 3 N–H and O–H groups in total. The summed E-state index contributed by atoms with van der Waals surface area (Å²) in [6, 6.07) is 11.1. The van der Waals surface area contributed by atoms with Gasteiger partial charge in [-0.2, -0.15) is 0 Å². The number of benzene rings is 2. The molecule has 0 unspecified atom stereocenters. The number of hydrazine groups is 1. The quantitative estimate of drug-likeness (QED) is 0.504. The SMILES string of the molecule is CSc1cccc(N(C)N)c1COc1ccc(O)cc1C. The molecule has 0 saturated heterocycles. The molecule has 0 spiro atoms. The highest BCUT2D eigenvalue weighted by Crippen LogP contribution is 2.30. The molecule has 0 aliphatic carbocycles. The minimum absolute atomic E-state index is 0.242. The fourth-order valence-electron chi connectivity index (χ4n) is 2.17. The van der Waals surface area contributed by atoms with Gasteiger partial charge in [-0.3, -0.25) is 0 Å². The van der Waals surface area contributed by atoms with Crippen molar-refractivity contribution in [2.75, 3.05) is 18.3 Å². The third-order valence-electron chi connectivity index (χ3n) is 3.24. The molecule has 0 radical (unpaired) electrons. The molecule has 0 atom stereocenters. The monoisotopic (exact) mass is 304 g/mol. The maximum atomic E-state index is 9.44. The summed E-state index contributed by atoms with van der Waals surface area (Å²) in [5.74, 6) is 6.89. The van der Waals surface area contributed by atoms with E-state index < -0.39 is 0 Å². The van der Waals surface area contributed by atoms with Crippen molar-refractivity contribution < 1.29 is 9.84 Å². The lowest BCUT2D eigenvalue weighted by molar-refractivity contribution is 0.301. The molecule has 21 heavy (non-hydrogen) atoms. The van der Waals surface area contributed by atoms with Crippen molar-refractivity contribution in [3.8, 4) is 11.5 Å². The van der Waals surface area contributed by atoms with Gasteiger partial charge >= 0.3 is 0 Å². The van der Waals surface area contributed by atoms with Crippen LogP contribution in [0.5, 0.6) is 11.5 Å². The maximum absolute atomic E-state index is 9.44. The molecule has 0 aliphatic heterocycles. The van der Waals surface area contributed by atoms with Gasteiger partial charge in [0.05, 0.1) is 5.69 Å². The van der Waals surface area contributed by atoms with E-state index in [0.29, 0.717) is 6.61 Å². The Balaban J connectivity index is 2.26.